The molecule has 0 bridgehead atoms. The zero-order chi connectivity index (χ0) is 22.8. The highest BCUT2D eigenvalue weighted by atomic mass is 32.2. The van der Waals surface area contributed by atoms with E-state index in [-0.39, 0.29) is 10.1 Å². The summed E-state index contributed by atoms with van der Waals surface area (Å²) in [6.07, 6.45) is 0. The average molecular weight is 463 g/mol. The van der Waals surface area contributed by atoms with Gasteiger partial charge in [0.1, 0.15) is 11.5 Å². The lowest BCUT2D eigenvalue weighted by atomic mass is 10.2. The number of thioether (sulfide) groups is 1. The first-order valence-corrected chi connectivity index (χ1v) is 11.9. The van der Waals surface area contributed by atoms with Crippen LogP contribution < -0.4 is 9.47 Å². The number of hydrogen-bond acceptors (Lipinski definition) is 7. The minimum atomic E-state index is -3.59. The average Bonchev–Trinajstić information content (AvgIpc) is 3.15. The Bertz CT molecular complexity index is 1170. The molecule has 0 radical (unpaired) electrons. The minimum Gasteiger partial charge on any atom is -0.497 e. The van der Waals surface area contributed by atoms with Gasteiger partial charge in [0, 0.05) is 31.0 Å². The summed E-state index contributed by atoms with van der Waals surface area (Å²) < 4.78 is 39.3. The fourth-order valence-corrected chi connectivity index (χ4v) is 4.69. The van der Waals surface area contributed by atoms with Crippen LogP contribution in [0.5, 0.6) is 11.5 Å². The molecule has 8 nitrogen and oxygen atoms in total. The quantitative estimate of drug-likeness (QED) is 0.472. The topological polar surface area (TPSA) is 86.5 Å². The third-order valence-corrected chi connectivity index (χ3v) is 7.23. The zero-order valence-corrected chi connectivity index (χ0v) is 20.0. The van der Waals surface area contributed by atoms with E-state index >= 15 is 0 Å². The summed E-state index contributed by atoms with van der Waals surface area (Å²) in [5.74, 6) is 1.77. The Morgan fingerprint density at radius 3 is 2.39 bits per heavy atom. The fraction of sp³-hybridized carbons (Fsp3) is 0.333. The van der Waals surface area contributed by atoms with Gasteiger partial charge in [-0.2, -0.15) is 0 Å². The van der Waals surface area contributed by atoms with Crippen LogP contribution in [0.25, 0.3) is 17.1 Å². The Hall–Kier alpha value is -2.56. The molecule has 0 spiro atoms. The van der Waals surface area contributed by atoms with Gasteiger partial charge in [0.15, 0.2) is 11.0 Å². The maximum atomic E-state index is 12.6. The molecule has 166 valence electrons. The van der Waals surface area contributed by atoms with E-state index in [1.165, 1.54) is 18.4 Å². The van der Waals surface area contributed by atoms with E-state index in [2.05, 4.69) is 24.0 Å². The molecule has 0 saturated heterocycles. The van der Waals surface area contributed by atoms with Crippen molar-refractivity contribution in [2.45, 2.75) is 29.1 Å². The highest BCUT2D eigenvalue weighted by Crippen LogP contribution is 2.36. The van der Waals surface area contributed by atoms with Crippen molar-refractivity contribution >= 4 is 21.8 Å². The Kier molecular flexibility index (Phi) is 6.93. The Labute approximate surface area is 187 Å². The van der Waals surface area contributed by atoms with Gasteiger partial charge >= 0.3 is 0 Å². The SMILES string of the molecule is COc1ccc(OC)c(-n2c(SC(C)C)nnc2-c2cccc(S(=O)(=O)N(C)C)c2)c1. The molecule has 0 saturated carbocycles. The molecule has 3 rings (SSSR count). The van der Waals surface area contributed by atoms with Crippen LogP contribution in [0.2, 0.25) is 0 Å². The first kappa shape index (κ1) is 23.1. The molecule has 0 fully saturated rings. The normalized spacial score (nSPS) is 11.9. The molecular weight excluding hydrogens is 436 g/mol. The van der Waals surface area contributed by atoms with E-state index in [1.807, 2.05) is 28.8 Å². The Balaban J connectivity index is 2.27. The Morgan fingerprint density at radius 2 is 1.77 bits per heavy atom. The molecule has 3 aromatic rings. The van der Waals surface area contributed by atoms with Crippen LogP contribution in [0.3, 0.4) is 0 Å². The fourth-order valence-electron chi connectivity index (χ4n) is 2.94. The van der Waals surface area contributed by atoms with Gasteiger partial charge in [-0.25, -0.2) is 12.7 Å². The van der Waals surface area contributed by atoms with E-state index < -0.39 is 10.0 Å². The lowest BCUT2D eigenvalue weighted by Crippen LogP contribution is -2.22. The van der Waals surface area contributed by atoms with Gasteiger partial charge in [0.05, 0.1) is 24.8 Å². The van der Waals surface area contributed by atoms with Gasteiger partial charge in [-0.15, -0.1) is 10.2 Å². The minimum absolute atomic E-state index is 0.181. The summed E-state index contributed by atoms with van der Waals surface area (Å²) in [6.45, 7) is 4.13. The molecule has 0 unspecified atom stereocenters. The highest BCUT2D eigenvalue weighted by Gasteiger charge is 2.23. The maximum Gasteiger partial charge on any atom is 0.242 e. The first-order chi connectivity index (χ1) is 14.7. The molecule has 1 heterocycles. The van der Waals surface area contributed by atoms with Gasteiger partial charge in [-0.3, -0.25) is 4.57 Å². The molecule has 0 aliphatic heterocycles. The van der Waals surface area contributed by atoms with Crippen molar-refractivity contribution in [1.29, 1.82) is 0 Å². The molecule has 1 aromatic heterocycles. The molecule has 0 aliphatic carbocycles. The van der Waals surface area contributed by atoms with Crippen LogP contribution >= 0.6 is 11.8 Å². The standard InChI is InChI=1S/C21H26N4O4S2/c1-14(2)30-21-23-22-20(15-8-7-9-17(12-15)31(26,27)24(3)4)25(21)18-13-16(28-5)10-11-19(18)29-6/h7-14H,1-6H3. The number of methoxy groups -OCH3 is 2. The van der Waals surface area contributed by atoms with Gasteiger partial charge in [0.2, 0.25) is 10.0 Å². The van der Waals surface area contributed by atoms with Crippen molar-refractivity contribution < 1.29 is 17.9 Å². The third kappa shape index (κ3) is 4.70. The largest absolute Gasteiger partial charge is 0.497 e. The predicted molar refractivity (Wildman–Crippen MR) is 122 cm³/mol. The van der Waals surface area contributed by atoms with Gasteiger partial charge in [0.25, 0.3) is 0 Å². The highest BCUT2D eigenvalue weighted by molar-refractivity contribution is 7.99. The maximum absolute atomic E-state index is 12.6. The van der Waals surface area contributed by atoms with E-state index in [0.29, 0.717) is 33.7 Å². The van der Waals surface area contributed by atoms with Crippen LogP contribution in [-0.4, -0.2) is 61.1 Å². The summed E-state index contributed by atoms with van der Waals surface area (Å²) in [5, 5.41) is 9.71. The summed E-state index contributed by atoms with van der Waals surface area (Å²) in [7, 11) is 2.60. The number of nitrogens with zero attached hydrogens (tertiary/aromatic N) is 4. The van der Waals surface area contributed by atoms with Crippen LogP contribution in [0.1, 0.15) is 13.8 Å². The molecule has 0 amide bonds. The molecule has 31 heavy (non-hydrogen) atoms. The first-order valence-electron chi connectivity index (χ1n) is 9.56. The second-order valence-corrected chi connectivity index (χ2v) is 10.9. The monoisotopic (exact) mass is 462 g/mol. The van der Waals surface area contributed by atoms with Gasteiger partial charge in [-0.05, 0) is 24.3 Å². The van der Waals surface area contributed by atoms with Crippen molar-refractivity contribution in [1.82, 2.24) is 19.1 Å². The number of ether oxygens (including phenoxy) is 2. The van der Waals surface area contributed by atoms with Crippen LogP contribution in [0.4, 0.5) is 0 Å². The molecule has 2 aromatic carbocycles. The molecule has 0 atom stereocenters. The second kappa shape index (κ2) is 9.29. The van der Waals surface area contributed by atoms with Crippen molar-refractivity contribution in [2.24, 2.45) is 0 Å². The number of benzene rings is 2. The van der Waals surface area contributed by atoms with Gasteiger partial charge < -0.3 is 9.47 Å². The molecule has 0 aliphatic rings. The molecule has 0 N–H and O–H groups in total. The Morgan fingerprint density at radius 1 is 1.03 bits per heavy atom. The lowest BCUT2D eigenvalue weighted by Gasteiger charge is -2.16. The predicted octanol–water partition coefficient (Wildman–Crippen LogP) is 3.70. The van der Waals surface area contributed by atoms with Crippen molar-refractivity contribution in [3.8, 4) is 28.6 Å². The van der Waals surface area contributed by atoms with Crippen molar-refractivity contribution in [2.75, 3.05) is 28.3 Å². The van der Waals surface area contributed by atoms with Crippen molar-refractivity contribution in [3.63, 3.8) is 0 Å². The van der Waals surface area contributed by atoms with Crippen LogP contribution in [0, 0.1) is 0 Å². The smallest absolute Gasteiger partial charge is 0.242 e. The summed E-state index contributed by atoms with van der Waals surface area (Å²) in [6, 6.07) is 12.1. The summed E-state index contributed by atoms with van der Waals surface area (Å²) in [4.78, 5) is 0.181. The molecule has 10 heteroatoms. The van der Waals surface area contributed by atoms with E-state index in [0.717, 1.165) is 0 Å². The zero-order valence-electron chi connectivity index (χ0n) is 18.4. The molecular formula is C21H26N4O4S2. The van der Waals surface area contributed by atoms with Crippen LogP contribution in [0.15, 0.2) is 52.5 Å². The van der Waals surface area contributed by atoms with E-state index in [9.17, 15) is 8.42 Å². The third-order valence-electron chi connectivity index (χ3n) is 4.47. The number of rotatable bonds is 8. The second-order valence-electron chi connectivity index (χ2n) is 7.16. The number of aromatic nitrogens is 3. The number of hydrogen-bond donors (Lipinski definition) is 0. The van der Waals surface area contributed by atoms with E-state index in [1.54, 1.807) is 44.2 Å². The number of sulfonamides is 1. The van der Waals surface area contributed by atoms with Crippen LogP contribution in [-0.2, 0) is 10.0 Å². The van der Waals surface area contributed by atoms with Gasteiger partial charge in [-0.1, -0.05) is 37.7 Å². The lowest BCUT2D eigenvalue weighted by molar-refractivity contribution is 0.401. The van der Waals surface area contributed by atoms with E-state index in [4.69, 9.17) is 9.47 Å². The summed E-state index contributed by atoms with van der Waals surface area (Å²) >= 11 is 1.55. The summed E-state index contributed by atoms with van der Waals surface area (Å²) in [5.41, 5.74) is 1.32. The van der Waals surface area contributed by atoms with Crippen molar-refractivity contribution in [3.05, 3.63) is 42.5 Å².